The van der Waals surface area contributed by atoms with Crippen LogP contribution in [0, 0.1) is 6.92 Å². The molecule has 0 bridgehead atoms. The van der Waals surface area contributed by atoms with Gasteiger partial charge in [0.25, 0.3) is 5.91 Å². The van der Waals surface area contributed by atoms with E-state index in [4.69, 9.17) is 16.3 Å². The van der Waals surface area contributed by atoms with Gasteiger partial charge in [0.1, 0.15) is 11.8 Å². The number of nitrogens with one attached hydrogen (secondary N) is 1. The van der Waals surface area contributed by atoms with Gasteiger partial charge in [-0.15, -0.1) is 0 Å². The third kappa shape index (κ3) is 7.07. The van der Waals surface area contributed by atoms with Crippen molar-refractivity contribution in [1.29, 1.82) is 0 Å². The van der Waals surface area contributed by atoms with E-state index < -0.39 is 6.04 Å². The molecule has 0 aromatic heterocycles. The Hall–Kier alpha value is -2.83. The molecule has 0 saturated carbocycles. The first kappa shape index (κ1) is 24.8. The molecule has 3 rings (SSSR count). The summed E-state index contributed by atoms with van der Waals surface area (Å²) in [6.45, 7) is 2.02. The second-order valence-electron chi connectivity index (χ2n) is 7.67. The summed E-state index contributed by atoms with van der Waals surface area (Å²) in [5.74, 6) is 0.0748. The van der Waals surface area contributed by atoms with Crippen LogP contribution in [0.5, 0.6) is 5.75 Å². The van der Waals surface area contributed by atoms with E-state index >= 15 is 0 Å². The summed E-state index contributed by atoms with van der Waals surface area (Å²) < 4.78 is 6.76. The molecule has 0 unspecified atom stereocenters. The van der Waals surface area contributed by atoms with Gasteiger partial charge >= 0.3 is 0 Å². The van der Waals surface area contributed by atoms with E-state index in [2.05, 4.69) is 21.2 Å². The Morgan fingerprint density at radius 2 is 1.73 bits per heavy atom. The fourth-order valence-electron chi connectivity index (χ4n) is 3.44. The van der Waals surface area contributed by atoms with Crippen molar-refractivity contribution in [3.63, 3.8) is 0 Å². The van der Waals surface area contributed by atoms with E-state index in [1.165, 1.54) is 0 Å². The van der Waals surface area contributed by atoms with Gasteiger partial charge in [0.05, 0.1) is 0 Å². The van der Waals surface area contributed by atoms with Crippen LogP contribution < -0.4 is 10.1 Å². The Labute approximate surface area is 207 Å². The van der Waals surface area contributed by atoms with Gasteiger partial charge in [-0.2, -0.15) is 0 Å². The highest BCUT2D eigenvalue weighted by Gasteiger charge is 2.30. The number of hydrogen-bond donors (Lipinski definition) is 1. The summed E-state index contributed by atoms with van der Waals surface area (Å²) in [7, 11) is 1.58. The Morgan fingerprint density at radius 3 is 2.36 bits per heavy atom. The number of likely N-dealkylation sites (N-methyl/N-ethyl adjacent to an activating group) is 1. The lowest BCUT2D eigenvalue weighted by Gasteiger charge is -2.31. The minimum absolute atomic E-state index is 0.184. The maximum absolute atomic E-state index is 13.4. The number of hydrogen-bond acceptors (Lipinski definition) is 3. The zero-order chi connectivity index (χ0) is 23.8. The summed E-state index contributed by atoms with van der Waals surface area (Å²) in [5.41, 5.74) is 2.84. The smallest absolute Gasteiger partial charge is 0.261 e. The molecule has 0 saturated heterocycles. The van der Waals surface area contributed by atoms with Gasteiger partial charge < -0.3 is 15.0 Å². The summed E-state index contributed by atoms with van der Waals surface area (Å²) in [6.07, 6.45) is 0.386. The van der Waals surface area contributed by atoms with Crippen molar-refractivity contribution in [3.8, 4) is 5.75 Å². The van der Waals surface area contributed by atoms with Crippen LogP contribution in [0.1, 0.15) is 16.7 Å². The zero-order valence-corrected chi connectivity index (χ0v) is 20.9. The van der Waals surface area contributed by atoms with Gasteiger partial charge in [0.2, 0.25) is 5.91 Å². The number of benzene rings is 3. The van der Waals surface area contributed by atoms with Crippen LogP contribution in [0.2, 0.25) is 5.02 Å². The van der Waals surface area contributed by atoms with E-state index in [-0.39, 0.29) is 25.0 Å². The van der Waals surface area contributed by atoms with Crippen LogP contribution in [0.15, 0.2) is 77.3 Å². The highest BCUT2D eigenvalue weighted by Crippen LogP contribution is 2.22. The van der Waals surface area contributed by atoms with Gasteiger partial charge in [0, 0.05) is 29.5 Å². The van der Waals surface area contributed by atoms with Gasteiger partial charge in [0.15, 0.2) is 6.61 Å². The largest absolute Gasteiger partial charge is 0.484 e. The van der Waals surface area contributed by atoms with Gasteiger partial charge in [-0.3, -0.25) is 9.59 Å². The van der Waals surface area contributed by atoms with E-state index in [0.29, 0.717) is 17.2 Å². The van der Waals surface area contributed by atoms with Crippen molar-refractivity contribution in [2.45, 2.75) is 25.9 Å². The maximum Gasteiger partial charge on any atom is 0.261 e. The molecule has 0 spiro atoms. The SMILES string of the molecule is CNC(=O)[C@@H](Cc1ccccc1)N(Cc1ccc(Cl)cc1)C(=O)COc1ccc(Br)c(C)c1. The molecule has 0 fully saturated rings. The Morgan fingerprint density at radius 1 is 1.03 bits per heavy atom. The summed E-state index contributed by atoms with van der Waals surface area (Å²) in [4.78, 5) is 27.8. The van der Waals surface area contributed by atoms with E-state index in [1.807, 2.05) is 61.5 Å². The second-order valence-corrected chi connectivity index (χ2v) is 8.96. The minimum Gasteiger partial charge on any atom is -0.484 e. The van der Waals surface area contributed by atoms with Gasteiger partial charge in [-0.1, -0.05) is 70.0 Å². The standard InChI is InChI=1S/C26H26BrClN2O3/c1-18-14-22(12-13-23(18)27)33-17-25(31)30(16-20-8-10-21(28)11-9-20)24(26(32)29-2)15-19-6-4-3-5-7-19/h3-14,24H,15-17H2,1-2H3,(H,29,32)/t24-/m1/s1. The van der Waals surface area contributed by atoms with Crippen LogP contribution in [0.25, 0.3) is 0 Å². The number of rotatable bonds is 9. The van der Waals surface area contributed by atoms with Crippen LogP contribution >= 0.6 is 27.5 Å². The van der Waals surface area contributed by atoms with E-state index in [9.17, 15) is 9.59 Å². The molecular formula is C26H26BrClN2O3. The number of carbonyl (C=O) groups is 2. The number of halogens is 2. The van der Waals surface area contributed by atoms with Crippen molar-refractivity contribution >= 4 is 39.3 Å². The molecule has 0 aliphatic rings. The molecule has 3 aromatic rings. The van der Waals surface area contributed by atoms with Crippen LogP contribution in [-0.2, 0) is 22.6 Å². The summed E-state index contributed by atoms with van der Waals surface area (Å²) in [6, 6.07) is 21.7. The first-order valence-electron chi connectivity index (χ1n) is 10.6. The lowest BCUT2D eigenvalue weighted by molar-refractivity contribution is -0.142. The Kier molecular flexibility index (Phi) is 8.92. The molecule has 172 valence electrons. The number of carbonyl (C=O) groups excluding carboxylic acids is 2. The third-order valence-corrected chi connectivity index (χ3v) is 6.42. The molecule has 5 nitrogen and oxygen atoms in total. The van der Waals surface area contributed by atoms with E-state index in [0.717, 1.165) is 21.2 Å². The minimum atomic E-state index is -0.698. The summed E-state index contributed by atoms with van der Waals surface area (Å²) >= 11 is 9.49. The van der Waals surface area contributed by atoms with Gasteiger partial charge in [-0.25, -0.2) is 0 Å². The quantitative estimate of drug-likeness (QED) is 0.416. The van der Waals surface area contributed by atoms with E-state index in [1.54, 1.807) is 30.1 Å². The number of amides is 2. The number of ether oxygens (including phenoxy) is 1. The molecule has 1 atom stereocenters. The summed E-state index contributed by atoms with van der Waals surface area (Å²) in [5, 5.41) is 3.31. The highest BCUT2D eigenvalue weighted by molar-refractivity contribution is 9.10. The molecule has 0 heterocycles. The lowest BCUT2D eigenvalue weighted by Crippen LogP contribution is -2.51. The van der Waals surface area contributed by atoms with Crippen LogP contribution in [0.4, 0.5) is 0 Å². The van der Waals surface area contributed by atoms with Crippen molar-refractivity contribution in [3.05, 3.63) is 99.0 Å². The average molecular weight is 530 g/mol. The Bertz CT molecular complexity index is 1090. The molecular weight excluding hydrogens is 504 g/mol. The monoisotopic (exact) mass is 528 g/mol. The number of aryl methyl sites for hydroxylation is 1. The third-order valence-electron chi connectivity index (χ3n) is 5.28. The zero-order valence-electron chi connectivity index (χ0n) is 18.6. The van der Waals surface area contributed by atoms with Crippen LogP contribution in [0.3, 0.4) is 0 Å². The van der Waals surface area contributed by atoms with Gasteiger partial charge in [-0.05, 0) is 53.9 Å². The first-order chi connectivity index (χ1) is 15.9. The molecule has 1 N–H and O–H groups in total. The normalized spacial score (nSPS) is 11.5. The predicted molar refractivity (Wildman–Crippen MR) is 134 cm³/mol. The lowest BCUT2D eigenvalue weighted by atomic mass is 10.0. The fourth-order valence-corrected chi connectivity index (χ4v) is 3.81. The first-order valence-corrected chi connectivity index (χ1v) is 11.7. The van der Waals surface area contributed by atoms with Crippen molar-refractivity contribution < 1.29 is 14.3 Å². The fraction of sp³-hybridized carbons (Fsp3) is 0.231. The topological polar surface area (TPSA) is 58.6 Å². The second kappa shape index (κ2) is 11.9. The average Bonchev–Trinajstić information content (AvgIpc) is 2.83. The van der Waals surface area contributed by atoms with Crippen LogP contribution in [-0.4, -0.2) is 36.4 Å². The molecule has 3 aromatic carbocycles. The molecule has 0 radical (unpaired) electrons. The molecule has 0 aliphatic heterocycles. The number of nitrogens with zero attached hydrogens (tertiary/aromatic N) is 1. The predicted octanol–water partition coefficient (Wildman–Crippen LogP) is 5.18. The van der Waals surface area contributed by atoms with Crippen molar-refractivity contribution in [1.82, 2.24) is 10.2 Å². The molecule has 0 aliphatic carbocycles. The molecule has 33 heavy (non-hydrogen) atoms. The molecule has 7 heteroatoms. The Balaban J connectivity index is 1.86. The van der Waals surface area contributed by atoms with Crippen molar-refractivity contribution in [2.75, 3.05) is 13.7 Å². The van der Waals surface area contributed by atoms with Crippen molar-refractivity contribution in [2.24, 2.45) is 0 Å². The molecule has 2 amide bonds. The maximum atomic E-state index is 13.4. The highest BCUT2D eigenvalue weighted by atomic mass is 79.9.